The normalized spacial score (nSPS) is 14.5. The first-order chi connectivity index (χ1) is 11.9. The molecule has 4 rings (SSSR count). The highest BCUT2D eigenvalue weighted by Crippen LogP contribution is 2.36. The molecule has 0 aliphatic carbocycles. The Kier molecular flexibility index (Phi) is 3.31. The lowest BCUT2D eigenvalue weighted by molar-refractivity contribution is -0.139. The van der Waals surface area contributed by atoms with Crippen LogP contribution >= 0.6 is 0 Å². The van der Waals surface area contributed by atoms with Crippen LogP contribution in [0.5, 0.6) is 5.75 Å². The second-order valence-corrected chi connectivity index (χ2v) is 5.58. The molecule has 0 fully saturated rings. The lowest BCUT2D eigenvalue weighted by Crippen LogP contribution is -2.29. The molecule has 1 aromatic carbocycles. The molecule has 0 amide bonds. The Bertz CT molecular complexity index is 968. The van der Waals surface area contributed by atoms with Gasteiger partial charge in [0, 0.05) is 12.6 Å². The van der Waals surface area contributed by atoms with Crippen molar-refractivity contribution >= 4 is 11.3 Å². The molecule has 0 saturated carbocycles. The standard InChI is InChI=1S/C15H11F4N5O/c1-23-4-5-25-12-11(23)7-20-24-13(21-22-14(12)24)8-2-3-10(16)9(6-8)15(17,18)19/h2-3,6-7H,4-5H2,1H3. The fourth-order valence-corrected chi connectivity index (χ4v) is 2.69. The number of fused-ring (bicyclic) bond motifs is 3. The zero-order valence-corrected chi connectivity index (χ0v) is 12.9. The Morgan fingerprint density at radius 2 is 2.00 bits per heavy atom. The lowest BCUT2D eigenvalue weighted by Gasteiger charge is -2.26. The molecule has 3 aromatic rings. The van der Waals surface area contributed by atoms with E-state index in [0.717, 1.165) is 6.07 Å². The van der Waals surface area contributed by atoms with E-state index in [9.17, 15) is 17.6 Å². The number of hydrogen-bond acceptors (Lipinski definition) is 5. The molecule has 1 aliphatic rings. The molecule has 0 saturated heterocycles. The van der Waals surface area contributed by atoms with Crippen molar-refractivity contribution in [2.24, 2.45) is 0 Å². The first-order valence-electron chi connectivity index (χ1n) is 7.32. The van der Waals surface area contributed by atoms with Crippen LogP contribution in [0.3, 0.4) is 0 Å². The minimum atomic E-state index is -4.81. The largest absolute Gasteiger partial charge is 0.486 e. The van der Waals surface area contributed by atoms with E-state index in [0.29, 0.717) is 30.7 Å². The summed E-state index contributed by atoms with van der Waals surface area (Å²) in [4.78, 5) is 1.93. The van der Waals surface area contributed by atoms with Crippen molar-refractivity contribution in [3.8, 4) is 17.1 Å². The van der Waals surface area contributed by atoms with Crippen LogP contribution in [-0.2, 0) is 6.18 Å². The van der Waals surface area contributed by atoms with Crippen molar-refractivity contribution in [2.75, 3.05) is 25.1 Å². The summed E-state index contributed by atoms with van der Waals surface area (Å²) in [5.41, 5.74) is -0.307. The zero-order chi connectivity index (χ0) is 17.8. The molecule has 0 unspecified atom stereocenters. The fourth-order valence-electron chi connectivity index (χ4n) is 2.69. The Hall–Kier alpha value is -2.91. The van der Waals surface area contributed by atoms with Crippen molar-refractivity contribution < 1.29 is 22.3 Å². The average Bonchev–Trinajstić information content (AvgIpc) is 2.99. The Balaban J connectivity index is 1.89. The summed E-state index contributed by atoms with van der Waals surface area (Å²) in [6, 6.07) is 2.65. The third-order valence-corrected chi connectivity index (χ3v) is 3.99. The van der Waals surface area contributed by atoms with Crippen LogP contribution in [0.15, 0.2) is 24.4 Å². The molecule has 10 heteroatoms. The number of likely N-dealkylation sites (N-methyl/N-ethyl adjacent to an activating group) is 1. The summed E-state index contributed by atoms with van der Waals surface area (Å²) in [5, 5.41) is 12.1. The van der Waals surface area contributed by atoms with Gasteiger partial charge in [-0.25, -0.2) is 4.39 Å². The van der Waals surface area contributed by atoms with Crippen LogP contribution in [0.25, 0.3) is 17.0 Å². The second kappa shape index (κ2) is 5.30. The lowest BCUT2D eigenvalue weighted by atomic mass is 10.1. The quantitative estimate of drug-likeness (QED) is 0.630. The van der Waals surface area contributed by atoms with Crippen LogP contribution in [0.2, 0.25) is 0 Å². The van der Waals surface area contributed by atoms with Gasteiger partial charge in [0.25, 0.3) is 0 Å². The number of ether oxygens (including phenoxy) is 1. The maximum Gasteiger partial charge on any atom is 0.419 e. The highest BCUT2D eigenvalue weighted by molar-refractivity contribution is 5.73. The van der Waals surface area contributed by atoms with Gasteiger partial charge >= 0.3 is 6.18 Å². The van der Waals surface area contributed by atoms with Crippen LogP contribution in [0.1, 0.15) is 5.56 Å². The van der Waals surface area contributed by atoms with Gasteiger partial charge in [-0.15, -0.1) is 10.2 Å². The molecule has 0 N–H and O–H groups in total. The first-order valence-corrected chi connectivity index (χ1v) is 7.32. The molecular weight excluding hydrogens is 342 g/mol. The maximum atomic E-state index is 13.5. The topological polar surface area (TPSA) is 55.5 Å². The molecule has 25 heavy (non-hydrogen) atoms. The van der Waals surface area contributed by atoms with Gasteiger partial charge in [-0.2, -0.15) is 22.8 Å². The van der Waals surface area contributed by atoms with Gasteiger partial charge in [-0.05, 0) is 18.2 Å². The van der Waals surface area contributed by atoms with Crippen LogP contribution in [-0.4, -0.2) is 40.0 Å². The third kappa shape index (κ3) is 2.44. The Morgan fingerprint density at radius 3 is 2.76 bits per heavy atom. The number of nitrogens with zero attached hydrogens (tertiary/aromatic N) is 5. The van der Waals surface area contributed by atoms with E-state index in [-0.39, 0.29) is 17.0 Å². The number of aromatic nitrogens is 4. The molecule has 3 heterocycles. The SMILES string of the molecule is CN1CCOc2c1cnn1c(-c3ccc(F)c(C(F)(F)F)c3)nnc21. The van der Waals surface area contributed by atoms with Crippen LogP contribution < -0.4 is 9.64 Å². The highest BCUT2D eigenvalue weighted by Gasteiger charge is 2.34. The molecule has 0 atom stereocenters. The summed E-state index contributed by atoms with van der Waals surface area (Å²) in [7, 11) is 1.87. The van der Waals surface area contributed by atoms with Gasteiger partial charge in [0.1, 0.15) is 18.1 Å². The predicted octanol–water partition coefficient (Wildman–Crippen LogP) is 2.78. The number of anilines is 1. The van der Waals surface area contributed by atoms with E-state index in [2.05, 4.69) is 15.3 Å². The van der Waals surface area contributed by atoms with Crippen molar-refractivity contribution in [1.29, 1.82) is 0 Å². The van der Waals surface area contributed by atoms with Gasteiger partial charge in [0.15, 0.2) is 11.6 Å². The number of benzene rings is 1. The van der Waals surface area contributed by atoms with Gasteiger partial charge < -0.3 is 9.64 Å². The van der Waals surface area contributed by atoms with E-state index < -0.39 is 17.6 Å². The molecule has 1 aliphatic heterocycles. The monoisotopic (exact) mass is 353 g/mol. The zero-order valence-electron chi connectivity index (χ0n) is 12.9. The molecule has 0 bridgehead atoms. The van der Waals surface area contributed by atoms with E-state index in [1.807, 2.05) is 11.9 Å². The molecular formula is C15H11F4N5O. The summed E-state index contributed by atoms with van der Waals surface area (Å²) in [5.74, 6) is -0.818. The van der Waals surface area contributed by atoms with Gasteiger partial charge in [-0.3, -0.25) is 0 Å². The Morgan fingerprint density at radius 1 is 1.20 bits per heavy atom. The molecule has 6 nitrogen and oxygen atoms in total. The van der Waals surface area contributed by atoms with Crippen molar-refractivity contribution in [3.05, 3.63) is 35.8 Å². The summed E-state index contributed by atoms with van der Waals surface area (Å²) >= 11 is 0. The van der Waals surface area contributed by atoms with Gasteiger partial charge in [0.2, 0.25) is 5.65 Å². The molecule has 0 radical (unpaired) electrons. The smallest absolute Gasteiger partial charge is 0.419 e. The van der Waals surface area contributed by atoms with E-state index in [1.165, 1.54) is 16.8 Å². The van der Waals surface area contributed by atoms with E-state index in [4.69, 9.17) is 4.74 Å². The van der Waals surface area contributed by atoms with Gasteiger partial charge in [-0.1, -0.05) is 0 Å². The second-order valence-electron chi connectivity index (χ2n) is 5.58. The molecule has 0 spiro atoms. The fraction of sp³-hybridized carbons (Fsp3) is 0.267. The van der Waals surface area contributed by atoms with E-state index >= 15 is 0 Å². The maximum absolute atomic E-state index is 13.5. The summed E-state index contributed by atoms with van der Waals surface area (Å²) in [6.45, 7) is 1.12. The number of halogens is 4. The molecule has 2 aromatic heterocycles. The number of hydrogen-bond donors (Lipinski definition) is 0. The molecule has 130 valence electrons. The summed E-state index contributed by atoms with van der Waals surface area (Å²) in [6.07, 6.45) is -3.28. The van der Waals surface area contributed by atoms with Crippen molar-refractivity contribution in [3.63, 3.8) is 0 Å². The van der Waals surface area contributed by atoms with Crippen LogP contribution in [0.4, 0.5) is 23.2 Å². The Labute approximate surface area is 138 Å². The van der Waals surface area contributed by atoms with Crippen molar-refractivity contribution in [1.82, 2.24) is 19.8 Å². The predicted molar refractivity (Wildman–Crippen MR) is 79.9 cm³/mol. The summed E-state index contributed by atoms with van der Waals surface area (Å²) < 4.78 is 59.2. The number of alkyl halides is 3. The third-order valence-electron chi connectivity index (χ3n) is 3.99. The minimum absolute atomic E-state index is 0.0536. The number of rotatable bonds is 1. The van der Waals surface area contributed by atoms with Crippen LogP contribution in [0, 0.1) is 5.82 Å². The van der Waals surface area contributed by atoms with Crippen molar-refractivity contribution in [2.45, 2.75) is 6.18 Å². The average molecular weight is 353 g/mol. The van der Waals surface area contributed by atoms with Gasteiger partial charge in [0.05, 0.1) is 18.3 Å². The highest BCUT2D eigenvalue weighted by atomic mass is 19.4. The first kappa shape index (κ1) is 15.6. The van der Waals surface area contributed by atoms with E-state index in [1.54, 1.807) is 0 Å². The minimum Gasteiger partial charge on any atom is -0.486 e.